The van der Waals surface area contributed by atoms with Crippen LogP contribution in [-0.2, 0) is 29.9 Å². The predicted molar refractivity (Wildman–Crippen MR) is 143 cm³/mol. The van der Waals surface area contributed by atoms with Gasteiger partial charge in [0.1, 0.15) is 0 Å². The Morgan fingerprint density at radius 3 is 1.51 bits per heavy atom. The van der Waals surface area contributed by atoms with E-state index in [1.165, 1.54) is 0 Å². The van der Waals surface area contributed by atoms with Crippen LogP contribution >= 0.6 is 0 Å². The first-order valence-electron chi connectivity index (χ1n) is 12.5. The van der Waals surface area contributed by atoms with E-state index in [0.29, 0.717) is 19.3 Å². The molecule has 3 N–H and O–H groups in total. The summed E-state index contributed by atoms with van der Waals surface area (Å²) in [4.78, 5) is 19.4. The Kier molecular flexibility index (Phi) is 8.79. The Morgan fingerprint density at radius 1 is 0.622 bits per heavy atom. The summed E-state index contributed by atoms with van der Waals surface area (Å²) >= 11 is 0. The second-order valence-corrected chi connectivity index (χ2v) is 9.04. The molecule has 5 heterocycles. The summed E-state index contributed by atoms with van der Waals surface area (Å²) in [5, 5.41) is 28.8. The van der Waals surface area contributed by atoms with Crippen molar-refractivity contribution in [2.24, 2.45) is 0 Å². The van der Waals surface area contributed by atoms with E-state index in [4.69, 9.17) is 19.9 Å². The number of aryl methyl sites for hydroxylation is 1. The van der Waals surface area contributed by atoms with Crippen LogP contribution in [0, 0.1) is 0 Å². The normalized spacial score (nSPS) is 12.8. The minimum Gasteiger partial charge on any atom is -0.656 e. The van der Waals surface area contributed by atoms with Crippen LogP contribution in [0.2, 0.25) is 0 Å². The van der Waals surface area contributed by atoms with E-state index in [-0.39, 0.29) is 36.9 Å². The largest absolute Gasteiger partial charge is 2.00 e. The van der Waals surface area contributed by atoms with Crippen molar-refractivity contribution in [1.82, 2.24) is 19.9 Å². The first kappa shape index (κ1) is 27.0. The van der Waals surface area contributed by atoms with Crippen LogP contribution in [0.25, 0.3) is 45.4 Å². The third kappa shape index (κ3) is 5.64. The average Bonchev–Trinajstić information content (AvgIpc) is 3.63. The number of nitrogens with zero attached hydrogens (tertiary/aromatic N) is 4. The van der Waals surface area contributed by atoms with E-state index in [9.17, 15) is 15.3 Å². The molecule has 0 fully saturated rings. The SMILES string of the molecule is CCCc1cc2[n-]c1ccc1nc(c3cc(CCO)c(ccc4nc2C=C4CCO)[n-]3)C=C1CCO.[Fe+2]. The van der Waals surface area contributed by atoms with E-state index in [2.05, 4.69) is 13.0 Å². The van der Waals surface area contributed by atoms with Gasteiger partial charge in [-0.3, -0.25) is 9.97 Å². The van der Waals surface area contributed by atoms with Gasteiger partial charge in [0, 0.05) is 31.2 Å². The van der Waals surface area contributed by atoms with Gasteiger partial charge in [0.15, 0.2) is 0 Å². The van der Waals surface area contributed by atoms with Crippen LogP contribution in [0.5, 0.6) is 0 Å². The zero-order valence-corrected chi connectivity index (χ0v) is 21.9. The third-order valence-electron chi connectivity index (χ3n) is 6.51. The molecule has 0 amide bonds. The Hall–Kier alpha value is -3.00. The molecule has 8 bridgehead atoms. The minimum absolute atomic E-state index is 0. The second-order valence-electron chi connectivity index (χ2n) is 9.04. The monoisotopic (exact) mass is 538 g/mol. The first-order chi connectivity index (χ1) is 17.6. The van der Waals surface area contributed by atoms with Crippen molar-refractivity contribution in [1.29, 1.82) is 0 Å². The van der Waals surface area contributed by atoms with Crippen molar-refractivity contribution in [3.05, 3.63) is 70.3 Å². The summed E-state index contributed by atoms with van der Waals surface area (Å²) in [5.41, 5.74) is 10.3. The van der Waals surface area contributed by atoms with E-state index in [1.54, 1.807) is 0 Å². The molecule has 0 aromatic carbocycles. The second kappa shape index (κ2) is 12.0. The van der Waals surface area contributed by atoms with Gasteiger partial charge in [-0.2, -0.15) is 0 Å². The number of aliphatic hydroxyl groups is 3. The molecule has 0 aliphatic carbocycles. The van der Waals surface area contributed by atoms with E-state index >= 15 is 0 Å². The number of fused-ring (bicyclic) bond motifs is 10. The molecule has 3 aromatic heterocycles. The number of aromatic nitrogens is 4. The molecule has 7 nitrogen and oxygen atoms in total. The van der Waals surface area contributed by atoms with Crippen molar-refractivity contribution < 1.29 is 32.4 Å². The predicted octanol–water partition coefficient (Wildman–Crippen LogP) is 3.90. The van der Waals surface area contributed by atoms with Gasteiger partial charge in [-0.05, 0) is 61.1 Å². The van der Waals surface area contributed by atoms with Gasteiger partial charge in [0.25, 0.3) is 0 Å². The molecule has 8 heteroatoms. The molecule has 0 saturated heterocycles. The van der Waals surface area contributed by atoms with E-state index < -0.39 is 0 Å². The third-order valence-corrected chi connectivity index (χ3v) is 6.51. The molecule has 5 rings (SSSR count). The van der Waals surface area contributed by atoms with Crippen molar-refractivity contribution in [2.75, 3.05) is 19.8 Å². The van der Waals surface area contributed by atoms with Gasteiger partial charge < -0.3 is 25.3 Å². The van der Waals surface area contributed by atoms with Gasteiger partial charge in [0.05, 0.1) is 11.4 Å². The summed E-state index contributed by atoms with van der Waals surface area (Å²) in [5.74, 6) is 0. The zero-order chi connectivity index (χ0) is 25.1. The van der Waals surface area contributed by atoms with Crippen molar-refractivity contribution >= 4 is 45.4 Å². The summed E-state index contributed by atoms with van der Waals surface area (Å²) in [6.45, 7) is 2.23. The molecular weight excluding hydrogens is 508 g/mol. The van der Waals surface area contributed by atoms with Crippen molar-refractivity contribution in [3.63, 3.8) is 0 Å². The van der Waals surface area contributed by atoms with Gasteiger partial charge in [-0.15, -0.1) is 22.1 Å². The number of aliphatic hydroxyl groups excluding tert-OH is 3. The van der Waals surface area contributed by atoms with Crippen LogP contribution in [-0.4, -0.2) is 45.1 Å². The molecule has 2 aliphatic rings. The standard InChI is InChI=1S/C29H30N4O3.Fe/c1-2-3-18-14-26-27-15-19(8-11-34)24(31-27)6-7-25-21(10-13-36)17-29(33-25)28-16-20(9-12-35)23(32-28)5-4-22(18)30-26;/h4-7,14-17,34-36H,2-3,8-13H2,1H3;/q-2;+2. The molecule has 192 valence electrons. The number of rotatable bonds is 8. The Balaban J connectivity index is 0.00000320. The quantitative estimate of drug-likeness (QED) is 0.373. The fraction of sp³-hybridized carbons (Fsp3) is 0.310. The van der Waals surface area contributed by atoms with Gasteiger partial charge in [0.2, 0.25) is 0 Å². The Morgan fingerprint density at radius 2 is 1.08 bits per heavy atom. The van der Waals surface area contributed by atoms with Gasteiger partial charge >= 0.3 is 17.1 Å². The fourth-order valence-electron chi connectivity index (χ4n) is 4.74. The van der Waals surface area contributed by atoms with Crippen LogP contribution in [0.4, 0.5) is 0 Å². The number of hydrogen-bond donors (Lipinski definition) is 3. The van der Waals surface area contributed by atoms with Crippen LogP contribution in [0.3, 0.4) is 0 Å². The topological polar surface area (TPSA) is 115 Å². The van der Waals surface area contributed by atoms with Crippen LogP contribution < -0.4 is 9.97 Å². The minimum atomic E-state index is 0. The van der Waals surface area contributed by atoms with Gasteiger partial charge in [-0.25, -0.2) is 0 Å². The summed E-state index contributed by atoms with van der Waals surface area (Å²) < 4.78 is 0. The molecule has 0 atom stereocenters. The smallest absolute Gasteiger partial charge is 0.656 e. The molecule has 0 saturated carbocycles. The zero-order valence-electron chi connectivity index (χ0n) is 20.8. The molecule has 2 aliphatic heterocycles. The van der Waals surface area contributed by atoms with Crippen molar-refractivity contribution in [3.8, 4) is 0 Å². The molecular formula is C29H30FeN4O3. The van der Waals surface area contributed by atoms with E-state index in [1.807, 2.05) is 42.5 Å². The number of hydrogen-bond acceptors (Lipinski definition) is 5. The maximum absolute atomic E-state index is 9.62. The van der Waals surface area contributed by atoms with Crippen LogP contribution in [0.1, 0.15) is 60.1 Å². The Bertz CT molecular complexity index is 1390. The Labute approximate surface area is 226 Å². The maximum atomic E-state index is 9.62. The van der Waals surface area contributed by atoms with Gasteiger partial charge in [-0.1, -0.05) is 48.7 Å². The first-order valence-corrected chi connectivity index (χ1v) is 12.5. The van der Waals surface area contributed by atoms with Crippen molar-refractivity contribution in [2.45, 2.75) is 39.0 Å². The van der Waals surface area contributed by atoms with Crippen LogP contribution in [0.15, 0.2) is 36.4 Å². The summed E-state index contributed by atoms with van der Waals surface area (Å²) in [6, 6.07) is 11.9. The maximum Gasteiger partial charge on any atom is 2.00 e. The fourth-order valence-corrected chi connectivity index (χ4v) is 4.74. The molecule has 0 spiro atoms. The average molecular weight is 538 g/mol. The molecule has 0 radical (unpaired) electrons. The summed E-state index contributed by atoms with van der Waals surface area (Å²) in [6.07, 6.45) is 7.36. The molecule has 3 aromatic rings. The summed E-state index contributed by atoms with van der Waals surface area (Å²) in [7, 11) is 0. The molecule has 37 heavy (non-hydrogen) atoms. The molecule has 0 unspecified atom stereocenters. The van der Waals surface area contributed by atoms with E-state index in [0.717, 1.165) is 80.0 Å².